The molecule has 3 nitrogen and oxygen atoms in total. The maximum absolute atomic E-state index is 10.4. The highest BCUT2D eigenvalue weighted by Crippen LogP contribution is 2.48. The number of carbonyl (C=O) groups is 1. The van der Waals surface area contributed by atoms with Crippen molar-refractivity contribution in [2.45, 2.75) is 6.92 Å². The van der Waals surface area contributed by atoms with Crippen molar-refractivity contribution in [3.05, 3.63) is 0 Å². The zero-order valence-electron chi connectivity index (χ0n) is 4.97. The number of amides is 1. The number of nitrogens with zero attached hydrogens (tertiary/aromatic N) is 1. The Morgan fingerprint density at radius 2 is 2.11 bits per heavy atom. The SMILES string of the molecule is CC(=O)N(C)OP(Cl)Cl. The van der Waals surface area contributed by atoms with Gasteiger partial charge in [-0.3, -0.25) is 4.79 Å². The van der Waals surface area contributed by atoms with E-state index in [1.807, 2.05) is 0 Å². The van der Waals surface area contributed by atoms with Crippen molar-refractivity contribution >= 4 is 35.2 Å². The second-order valence-corrected chi connectivity index (χ2v) is 4.23. The van der Waals surface area contributed by atoms with E-state index in [-0.39, 0.29) is 5.91 Å². The van der Waals surface area contributed by atoms with Crippen LogP contribution in [0, 0.1) is 0 Å². The number of halogens is 2. The smallest absolute Gasteiger partial charge is 0.253 e. The largest absolute Gasteiger partial charge is 0.273 e. The fourth-order valence-electron chi connectivity index (χ4n) is 0.150. The first kappa shape index (κ1) is 9.44. The topological polar surface area (TPSA) is 29.5 Å². The van der Waals surface area contributed by atoms with E-state index >= 15 is 0 Å². The molecule has 1 amide bonds. The molecule has 0 rings (SSSR count). The molecule has 0 aromatic carbocycles. The highest BCUT2D eigenvalue weighted by Gasteiger charge is 2.07. The Hall–Kier alpha value is 0.440. The zero-order chi connectivity index (χ0) is 7.44. The van der Waals surface area contributed by atoms with E-state index in [2.05, 4.69) is 4.62 Å². The number of hydrogen-bond donors (Lipinski definition) is 0. The molecule has 0 saturated heterocycles. The van der Waals surface area contributed by atoms with Crippen molar-refractivity contribution in [1.82, 2.24) is 5.06 Å². The molecule has 0 atom stereocenters. The predicted molar refractivity (Wildman–Crippen MR) is 38.2 cm³/mol. The summed E-state index contributed by atoms with van der Waals surface area (Å²) in [5.41, 5.74) is 0. The summed E-state index contributed by atoms with van der Waals surface area (Å²) in [6, 6.07) is 0. The monoisotopic (exact) mass is 189 g/mol. The van der Waals surface area contributed by atoms with Crippen LogP contribution in [0.15, 0.2) is 0 Å². The summed E-state index contributed by atoms with van der Waals surface area (Å²) in [4.78, 5) is 10.4. The third-order valence-corrected chi connectivity index (χ3v) is 1.37. The summed E-state index contributed by atoms with van der Waals surface area (Å²) in [5, 5.41) is 0.992. The lowest BCUT2D eigenvalue weighted by molar-refractivity contribution is -0.147. The fraction of sp³-hybridized carbons (Fsp3) is 0.667. The normalized spacial score (nSPS) is 9.89. The minimum atomic E-state index is -1.52. The van der Waals surface area contributed by atoms with Gasteiger partial charge in [-0.05, 0) is 22.5 Å². The molecule has 0 saturated carbocycles. The van der Waals surface area contributed by atoms with Gasteiger partial charge in [-0.2, -0.15) is 0 Å². The van der Waals surface area contributed by atoms with E-state index in [0.29, 0.717) is 0 Å². The molecule has 0 aliphatic rings. The van der Waals surface area contributed by atoms with Gasteiger partial charge in [-0.15, -0.1) is 0 Å². The molecule has 0 fully saturated rings. The molecule has 0 bridgehead atoms. The van der Waals surface area contributed by atoms with Crippen molar-refractivity contribution < 1.29 is 9.42 Å². The minimum absolute atomic E-state index is 0.233. The molecule has 0 unspecified atom stereocenters. The lowest BCUT2D eigenvalue weighted by atomic mass is 10.7. The van der Waals surface area contributed by atoms with Gasteiger partial charge in [-0.1, -0.05) is 0 Å². The van der Waals surface area contributed by atoms with Gasteiger partial charge in [0.25, 0.3) is 6.85 Å². The van der Waals surface area contributed by atoms with Gasteiger partial charge in [0, 0.05) is 14.0 Å². The van der Waals surface area contributed by atoms with Gasteiger partial charge in [-0.25, -0.2) is 9.69 Å². The van der Waals surface area contributed by atoms with Crippen molar-refractivity contribution in [2.24, 2.45) is 0 Å². The number of carbonyl (C=O) groups excluding carboxylic acids is 1. The van der Waals surface area contributed by atoms with Crippen LogP contribution in [0.5, 0.6) is 0 Å². The Morgan fingerprint density at radius 3 is 2.22 bits per heavy atom. The molecule has 9 heavy (non-hydrogen) atoms. The van der Waals surface area contributed by atoms with Crippen LogP contribution >= 0.6 is 29.3 Å². The molecule has 0 aromatic heterocycles. The first-order valence-electron chi connectivity index (χ1n) is 2.08. The maximum atomic E-state index is 10.4. The standard InChI is InChI=1S/C3H6Cl2NO2P/c1-3(7)6(2)8-9(4)5/h1-2H3. The lowest BCUT2D eigenvalue weighted by Crippen LogP contribution is -2.20. The highest BCUT2D eigenvalue weighted by molar-refractivity contribution is 8.00. The van der Waals surface area contributed by atoms with Gasteiger partial charge in [0.2, 0.25) is 5.91 Å². The first-order valence-corrected chi connectivity index (χ1v) is 5.15. The van der Waals surface area contributed by atoms with E-state index in [1.54, 1.807) is 0 Å². The van der Waals surface area contributed by atoms with Crippen molar-refractivity contribution in [2.75, 3.05) is 7.05 Å². The summed E-state index contributed by atoms with van der Waals surface area (Å²) in [6.45, 7) is -0.169. The molecule has 0 N–H and O–H groups in total. The first-order chi connectivity index (χ1) is 4.04. The van der Waals surface area contributed by atoms with E-state index in [1.165, 1.54) is 14.0 Å². The second kappa shape index (κ2) is 4.29. The summed E-state index contributed by atoms with van der Waals surface area (Å²) < 4.78 is 4.59. The molecular weight excluding hydrogens is 184 g/mol. The average molecular weight is 190 g/mol. The van der Waals surface area contributed by atoms with Gasteiger partial charge in [0.1, 0.15) is 0 Å². The van der Waals surface area contributed by atoms with Crippen LogP contribution in [0.2, 0.25) is 0 Å². The van der Waals surface area contributed by atoms with Crippen LogP contribution in [0.1, 0.15) is 6.92 Å². The Kier molecular flexibility index (Phi) is 4.50. The zero-order valence-corrected chi connectivity index (χ0v) is 7.37. The Morgan fingerprint density at radius 1 is 1.67 bits per heavy atom. The lowest BCUT2D eigenvalue weighted by Gasteiger charge is -2.12. The Labute approximate surface area is 64.2 Å². The average Bonchev–Trinajstić information content (AvgIpc) is 1.63. The van der Waals surface area contributed by atoms with Crippen LogP contribution in [0.25, 0.3) is 0 Å². The van der Waals surface area contributed by atoms with Crippen molar-refractivity contribution in [3.8, 4) is 0 Å². The molecule has 0 heterocycles. The molecule has 0 aliphatic carbocycles. The Balaban J connectivity index is 3.50. The summed E-state index contributed by atoms with van der Waals surface area (Å²) in [6.07, 6.45) is 0. The quantitative estimate of drug-likeness (QED) is 0.492. The maximum Gasteiger partial charge on any atom is 0.253 e. The van der Waals surface area contributed by atoms with Crippen molar-refractivity contribution in [3.63, 3.8) is 0 Å². The van der Waals surface area contributed by atoms with Crippen LogP contribution in [0.3, 0.4) is 0 Å². The van der Waals surface area contributed by atoms with E-state index < -0.39 is 6.85 Å². The number of hydroxylamine groups is 2. The molecule has 6 heteroatoms. The van der Waals surface area contributed by atoms with Crippen molar-refractivity contribution in [1.29, 1.82) is 0 Å². The summed E-state index contributed by atoms with van der Waals surface area (Å²) in [7, 11) is 1.45. The predicted octanol–water partition coefficient (Wildman–Crippen LogP) is 2.10. The molecule has 0 spiro atoms. The molecule has 0 aromatic rings. The van der Waals surface area contributed by atoms with E-state index in [0.717, 1.165) is 5.06 Å². The summed E-state index contributed by atoms with van der Waals surface area (Å²) in [5.74, 6) is -0.233. The molecular formula is C3H6Cl2NO2P. The summed E-state index contributed by atoms with van der Waals surface area (Å²) >= 11 is 10.5. The highest BCUT2D eigenvalue weighted by atomic mass is 35.9. The molecule has 54 valence electrons. The van der Waals surface area contributed by atoms with Crippen LogP contribution in [-0.2, 0) is 9.42 Å². The van der Waals surface area contributed by atoms with Gasteiger partial charge in [0.15, 0.2) is 0 Å². The third-order valence-electron chi connectivity index (χ3n) is 0.628. The third kappa shape index (κ3) is 4.91. The van der Waals surface area contributed by atoms with Gasteiger partial charge < -0.3 is 0 Å². The van der Waals surface area contributed by atoms with Gasteiger partial charge >= 0.3 is 0 Å². The minimum Gasteiger partial charge on any atom is -0.273 e. The molecule has 0 aliphatic heterocycles. The Bertz CT molecular complexity index is 110. The fourth-order valence-corrected chi connectivity index (χ4v) is 1.01. The van der Waals surface area contributed by atoms with Crippen LogP contribution in [0.4, 0.5) is 0 Å². The second-order valence-electron chi connectivity index (χ2n) is 1.30. The van der Waals surface area contributed by atoms with Gasteiger partial charge in [0.05, 0.1) is 0 Å². The van der Waals surface area contributed by atoms with Crippen LogP contribution in [-0.4, -0.2) is 18.0 Å². The number of rotatable bonds is 2. The van der Waals surface area contributed by atoms with E-state index in [9.17, 15) is 4.79 Å². The van der Waals surface area contributed by atoms with Crippen LogP contribution < -0.4 is 0 Å². The number of hydrogen-bond acceptors (Lipinski definition) is 2. The molecule has 0 radical (unpaired) electrons. The van der Waals surface area contributed by atoms with E-state index in [4.69, 9.17) is 22.5 Å².